The van der Waals surface area contributed by atoms with Gasteiger partial charge in [0.25, 0.3) is 0 Å². The highest BCUT2D eigenvalue weighted by molar-refractivity contribution is 7.89. The summed E-state index contributed by atoms with van der Waals surface area (Å²) in [6.45, 7) is 0.290. The topological polar surface area (TPSA) is 96.6 Å². The number of thiophene rings is 1. The summed E-state index contributed by atoms with van der Waals surface area (Å²) >= 11 is 1.48. The Hall–Kier alpha value is -2.70. The molecular formula is C19H18F2N4O4S2. The third kappa shape index (κ3) is 4.65. The van der Waals surface area contributed by atoms with E-state index >= 15 is 0 Å². The molecule has 0 radical (unpaired) electrons. The molecule has 0 atom stereocenters. The van der Waals surface area contributed by atoms with Gasteiger partial charge in [-0.3, -0.25) is 4.79 Å². The summed E-state index contributed by atoms with van der Waals surface area (Å²) in [5.74, 6) is -1.20. The first-order chi connectivity index (χ1) is 14.8. The molecule has 1 amide bonds. The van der Waals surface area contributed by atoms with Crippen LogP contribution in [-0.2, 0) is 21.2 Å². The van der Waals surface area contributed by atoms with Crippen LogP contribution >= 0.6 is 11.3 Å². The summed E-state index contributed by atoms with van der Waals surface area (Å²) in [5.41, 5.74) is 0. The Morgan fingerprint density at radius 1 is 1.16 bits per heavy atom. The molecule has 1 fully saturated rings. The minimum atomic E-state index is -4.19. The largest absolute Gasteiger partial charge is 0.340 e. The molecule has 0 spiro atoms. The Kier molecular flexibility index (Phi) is 6.12. The van der Waals surface area contributed by atoms with Crippen LogP contribution in [-0.4, -0.2) is 59.8 Å². The summed E-state index contributed by atoms with van der Waals surface area (Å²) in [7, 11) is -4.19. The summed E-state index contributed by atoms with van der Waals surface area (Å²) in [6.07, 6.45) is 0.404. The van der Waals surface area contributed by atoms with Crippen LogP contribution in [0.5, 0.6) is 0 Å². The maximum absolute atomic E-state index is 13.9. The summed E-state index contributed by atoms with van der Waals surface area (Å²) < 4.78 is 58.8. The van der Waals surface area contributed by atoms with Gasteiger partial charge in [-0.1, -0.05) is 11.2 Å². The van der Waals surface area contributed by atoms with Gasteiger partial charge in [-0.25, -0.2) is 17.2 Å². The highest BCUT2D eigenvalue weighted by Crippen LogP contribution is 2.23. The smallest absolute Gasteiger partial charge is 0.246 e. The molecule has 0 aliphatic carbocycles. The van der Waals surface area contributed by atoms with E-state index in [0.29, 0.717) is 17.8 Å². The first-order valence-corrected chi connectivity index (χ1v) is 11.8. The highest BCUT2D eigenvalue weighted by atomic mass is 32.2. The molecule has 1 saturated heterocycles. The van der Waals surface area contributed by atoms with E-state index in [0.717, 1.165) is 21.3 Å². The molecule has 0 N–H and O–H groups in total. The van der Waals surface area contributed by atoms with E-state index in [1.165, 1.54) is 16.2 Å². The predicted octanol–water partition coefficient (Wildman–Crippen LogP) is 2.54. The van der Waals surface area contributed by atoms with Crippen molar-refractivity contribution in [3.63, 3.8) is 0 Å². The van der Waals surface area contributed by atoms with Crippen molar-refractivity contribution < 1.29 is 26.5 Å². The van der Waals surface area contributed by atoms with Gasteiger partial charge in [-0.2, -0.15) is 9.29 Å². The number of halogens is 2. The maximum atomic E-state index is 13.9. The van der Waals surface area contributed by atoms with E-state index in [2.05, 4.69) is 10.1 Å². The van der Waals surface area contributed by atoms with Crippen LogP contribution in [0.4, 0.5) is 8.78 Å². The van der Waals surface area contributed by atoms with Crippen LogP contribution < -0.4 is 0 Å². The molecule has 164 valence electrons. The molecule has 2 aromatic heterocycles. The first-order valence-electron chi connectivity index (χ1n) is 9.44. The van der Waals surface area contributed by atoms with Gasteiger partial charge in [-0.05, 0) is 29.6 Å². The lowest BCUT2D eigenvalue weighted by Gasteiger charge is -2.34. The van der Waals surface area contributed by atoms with Gasteiger partial charge in [0.2, 0.25) is 27.6 Å². The molecule has 12 heteroatoms. The minimum absolute atomic E-state index is 0.00684. The zero-order valence-electron chi connectivity index (χ0n) is 16.2. The number of piperazine rings is 1. The fraction of sp³-hybridized carbons (Fsp3) is 0.316. The van der Waals surface area contributed by atoms with E-state index in [1.54, 1.807) is 0 Å². The average Bonchev–Trinajstić information content (AvgIpc) is 3.45. The van der Waals surface area contributed by atoms with Crippen molar-refractivity contribution in [2.24, 2.45) is 0 Å². The second-order valence-electron chi connectivity index (χ2n) is 6.85. The number of rotatable bonds is 6. The number of hydrogen-bond donors (Lipinski definition) is 0. The van der Waals surface area contributed by atoms with Gasteiger partial charge >= 0.3 is 0 Å². The van der Waals surface area contributed by atoms with Crippen molar-refractivity contribution in [2.75, 3.05) is 26.2 Å². The van der Waals surface area contributed by atoms with Crippen LogP contribution in [0.1, 0.15) is 12.3 Å². The van der Waals surface area contributed by atoms with E-state index in [1.807, 2.05) is 17.5 Å². The number of nitrogens with zero attached hydrogens (tertiary/aromatic N) is 4. The third-order valence-electron chi connectivity index (χ3n) is 4.86. The molecule has 31 heavy (non-hydrogen) atoms. The van der Waals surface area contributed by atoms with Gasteiger partial charge in [0.15, 0.2) is 0 Å². The lowest BCUT2D eigenvalue weighted by molar-refractivity contribution is -0.132. The van der Waals surface area contributed by atoms with Crippen LogP contribution in [0, 0.1) is 11.6 Å². The van der Waals surface area contributed by atoms with E-state index < -0.39 is 26.6 Å². The normalized spacial score (nSPS) is 15.4. The monoisotopic (exact) mass is 468 g/mol. The molecule has 1 aromatic carbocycles. The lowest BCUT2D eigenvalue weighted by atomic mass is 10.2. The zero-order valence-corrected chi connectivity index (χ0v) is 17.8. The Labute approximate surface area is 181 Å². The fourth-order valence-electron chi connectivity index (χ4n) is 3.23. The van der Waals surface area contributed by atoms with E-state index in [-0.39, 0.29) is 44.9 Å². The Balaban J connectivity index is 1.32. The van der Waals surface area contributed by atoms with Crippen LogP contribution in [0.25, 0.3) is 10.7 Å². The number of amides is 1. The Morgan fingerprint density at radius 3 is 2.65 bits per heavy atom. The minimum Gasteiger partial charge on any atom is -0.340 e. The van der Waals surface area contributed by atoms with Crippen LogP contribution in [0.2, 0.25) is 0 Å². The highest BCUT2D eigenvalue weighted by Gasteiger charge is 2.32. The number of aryl methyl sites for hydroxylation is 1. The molecule has 0 saturated carbocycles. The summed E-state index contributed by atoms with van der Waals surface area (Å²) in [5, 5.41) is 5.80. The quantitative estimate of drug-likeness (QED) is 0.552. The number of carbonyl (C=O) groups excluding carboxylic acids is 1. The number of aromatic nitrogens is 2. The molecule has 1 aliphatic heterocycles. The Bertz CT molecular complexity index is 1170. The maximum Gasteiger partial charge on any atom is 0.246 e. The molecule has 3 aromatic rings. The number of hydrogen-bond acceptors (Lipinski definition) is 7. The van der Waals surface area contributed by atoms with Crippen LogP contribution in [0.3, 0.4) is 0 Å². The number of sulfonamides is 1. The van der Waals surface area contributed by atoms with Crippen molar-refractivity contribution in [1.29, 1.82) is 0 Å². The standard InChI is InChI=1S/C19H18F2N4O4S2/c20-13-3-4-14(21)16(12-13)31(27,28)25-9-7-24(8-10-25)18(26)6-5-17-22-19(23-29-17)15-2-1-11-30-15/h1-4,11-12H,5-10H2. The predicted molar refractivity (Wildman–Crippen MR) is 108 cm³/mol. The molecule has 8 nitrogen and oxygen atoms in total. The van der Waals surface area contributed by atoms with Crippen LogP contribution in [0.15, 0.2) is 45.1 Å². The second kappa shape index (κ2) is 8.81. The molecular weight excluding hydrogens is 450 g/mol. The van der Waals surface area contributed by atoms with Gasteiger partial charge < -0.3 is 9.42 Å². The Morgan fingerprint density at radius 2 is 1.94 bits per heavy atom. The van der Waals surface area contributed by atoms with Crippen molar-refractivity contribution in [3.05, 3.63) is 53.2 Å². The second-order valence-corrected chi connectivity index (χ2v) is 9.70. The average molecular weight is 469 g/mol. The van der Waals surface area contributed by atoms with Crippen molar-refractivity contribution >= 4 is 27.3 Å². The fourth-order valence-corrected chi connectivity index (χ4v) is 5.37. The first kappa shape index (κ1) is 21.5. The summed E-state index contributed by atoms with van der Waals surface area (Å²) in [4.78, 5) is 18.5. The number of benzene rings is 1. The molecule has 0 bridgehead atoms. The molecule has 3 heterocycles. The molecule has 1 aliphatic rings. The molecule has 4 rings (SSSR count). The van der Waals surface area contributed by atoms with Crippen molar-refractivity contribution in [1.82, 2.24) is 19.3 Å². The van der Waals surface area contributed by atoms with Crippen molar-refractivity contribution in [2.45, 2.75) is 17.7 Å². The third-order valence-corrected chi connectivity index (χ3v) is 7.64. The van der Waals surface area contributed by atoms with Gasteiger partial charge in [0, 0.05) is 39.0 Å². The van der Waals surface area contributed by atoms with E-state index in [4.69, 9.17) is 4.52 Å². The zero-order chi connectivity index (χ0) is 22.0. The summed E-state index contributed by atoms with van der Waals surface area (Å²) in [6, 6.07) is 6.05. The lowest BCUT2D eigenvalue weighted by Crippen LogP contribution is -2.50. The van der Waals surface area contributed by atoms with Gasteiger partial charge in [0.05, 0.1) is 4.88 Å². The van der Waals surface area contributed by atoms with E-state index in [9.17, 15) is 22.0 Å². The molecule has 0 unspecified atom stereocenters. The van der Waals surface area contributed by atoms with Gasteiger partial charge in [0.1, 0.15) is 16.5 Å². The SMILES string of the molecule is O=C(CCc1nc(-c2cccs2)no1)N1CCN(S(=O)(=O)c2cc(F)ccc2F)CC1. The number of carbonyl (C=O) groups is 1. The van der Waals surface area contributed by atoms with Gasteiger partial charge in [-0.15, -0.1) is 11.3 Å². The van der Waals surface area contributed by atoms with Crippen molar-refractivity contribution in [3.8, 4) is 10.7 Å².